The molecule has 1 N–H and O–H groups in total. The van der Waals surface area contributed by atoms with E-state index < -0.39 is 0 Å². The Labute approximate surface area is 132 Å². The predicted octanol–water partition coefficient (Wildman–Crippen LogP) is 3.26. The molecule has 0 aliphatic heterocycles. The molecular weight excluding hydrogens is 423 g/mol. The molecule has 2 rings (SSSR count). The number of hydrogen-bond acceptors (Lipinski definition) is 3. The lowest BCUT2D eigenvalue weighted by molar-refractivity contribution is 0.180. The number of benzene rings is 1. The van der Waals surface area contributed by atoms with E-state index in [0.29, 0.717) is 21.7 Å². The molecule has 0 fully saturated rings. The van der Waals surface area contributed by atoms with Crippen LogP contribution in [0.4, 0.5) is 0 Å². The summed E-state index contributed by atoms with van der Waals surface area (Å²) in [6, 6.07) is 5.90. The van der Waals surface area contributed by atoms with Crippen molar-refractivity contribution in [2.75, 3.05) is 7.11 Å². The first-order valence-electron chi connectivity index (χ1n) is 5.57. The first-order chi connectivity index (χ1) is 9.02. The first kappa shape index (κ1) is 14.7. The average molecular weight is 435 g/mol. The van der Waals surface area contributed by atoms with Crippen LogP contribution >= 0.6 is 38.5 Å². The van der Waals surface area contributed by atoms with Gasteiger partial charge in [-0.05, 0) is 47.2 Å². The van der Waals surface area contributed by atoms with Gasteiger partial charge in [0.1, 0.15) is 9.39 Å². The van der Waals surface area contributed by atoms with Crippen molar-refractivity contribution in [3.63, 3.8) is 0 Å². The molecule has 0 aliphatic carbocycles. The molecule has 1 heterocycles. The van der Waals surface area contributed by atoms with Gasteiger partial charge in [-0.3, -0.25) is 4.79 Å². The number of H-pyrrole nitrogens is 1. The Balaban J connectivity index is 2.59. The number of nitrogens with one attached hydrogen (secondary N) is 1. The fourth-order valence-corrected chi connectivity index (χ4v) is 2.77. The van der Waals surface area contributed by atoms with E-state index >= 15 is 0 Å². The average Bonchev–Trinajstić information content (AvgIpc) is 2.35. The molecule has 0 atom stereocenters. The van der Waals surface area contributed by atoms with Crippen LogP contribution in [0.1, 0.15) is 11.3 Å². The molecule has 19 heavy (non-hydrogen) atoms. The zero-order valence-electron chi connectivity index (χ0n) is 10.5. The summed E-state index contributed by atoms with van der Waals surface area (Å²) in [6.45, 7) is 2.33. The lowest BCUT2D eigenvalue weighted by Crippen LogP contribution is -2.16. The molecule has 0 saturated heterocycles. The Hall–Kier alpha value is -0.730. The van der Waals surface area contributed by atoms with Gasteiger partial charge in [-0.15, -0.1) is 0 Å². The molecule has 0 radical (unpaired) electrons. The van der Waals surface area contributed by atoms with Gasteiger partial charge < -0.3 is 9.72 Å². The maximum Gasteiger partial charge on any atom is 0.264 e. The minimum Gasteiger partial charge on any atom is -0.378 e. The number of methoxy groups -OCH3 is 1. The molecule has 0 saturated carbocycles. The predicted molar refractivity (Wildman–Crippen MR) is 86.2 cm³/mol. The second-order valence-corrected chi connectivity index (χ2v) is 6.02. The van der Waals surface area contributed by atoms with E-state index in [9.17, 15) is 4.79 Å². The van der Waals surface area contributed by atoms with Gasteiger partial charge in [0.15, 0.2) is 0 Å². The van der Waals surface area contributed by atoms with E-state index in [-0.39, 0.29) is 5.56 Å². The lowest BCUT2D eigenvalue weighted by Gasteiger charge is -2.08. The second-order valence-electron chi connectivity index (χ2n) is 4.09. The SMILES string of the molecule is COCc1nc(-c2ccc(C)cc2Br)[nH]c(=O)c1I. The Bertz CT molecular complexity index is 670. The van der Waals surface area contributed by atoms with Gasteiger partial charge in [-0.1, -0.05) is 22.0 Å². The number of nitrogens with zero attached hydrogens (tertiary/aromatic N) is 1. The van der Waals surface area contributed by atoms with Crippen molar-refractivity contribution in [3.8, 4) is 11.4 Å². The van der Waals surface area contributed by atoms with Crippen LogP contribution in [0.3, 0.4) is 0 Å². The van der Waals surface area contributed by atoms with E-state index in [1.54, 1.807) is 7.11 Å². The molecule has 4 nitrogen and oxygen atoms in total. The number of aromatic nitrogens is 2. The minimum absolute atomic E-state index is 0.148. The molecule has 100 valence electrons. The van der Waals surface area contributed by atoms with Crippen LogP contribution in [-0.2, 0) is 11.3 Å². The van der Waals surface area contributed by atoms with Gasteiger partial charge in [0, 0.05) is 17.1 Å². The van der Waals surface area contributed by atoms with E-state index in [0.717, 1.165) is 15.6 Å². The minimum atomic E-state index is -0.148. The molecule has 0 amide bonds. The Morgan fingerprint density at radius 1 is 1.47 bits per heavy atom. The van der Waals surface area contributed by atoms with Crippen molar-refractivity contribution in [2.24, 2.45) is 0 Å². The lowest BCUT2D eigenvalue weighted by atomic mass is 10.1. The standard InChI is InChI=1S/C13H12BrIN2O2/c1-7-3-4-8(9(14)5-7)12-16-10(6-19-2)11(15)13(18)17-12/h3-5H,6H2,1-2H3,(H,16,17,18). The van der Waals surface area contributed by atoms with E-state index in [1.807, 2.05) is 47.7 Å². The van der Waals surface area contributed by atoms with Crippen LogP contribution in [0.5, 0.6) is 0 Å². The van der Waals surface area contributed by atoms with E-state index in [4.69, 9.17) is 4.74 Å². The highest BCUT2D eigenvalue weighted by molar-refractivity contribution is 14.1. The Kier molecular flexibility index (Phi) is 4.75. The van der Waals surface area contributed by atoms with Crippen LogP contribution in [0, 0.1) is 10.5 Å². The van der Waals surface area contributed by atoms with Crippen molar-refractivity contribution in [3.05, 3.63) is 47.9 Å². The summed E-state index contributed by atoms with van der Waals surface area (Å²) < 4.78 is 6.54. The monoisotopic (exact) mass is 434 g/mol. The van der Waals surface area contributed by atoms with Crippen molar-refractivity contribution >= 4 is 38.5 Å². The summed E-state index contributed by atoms with van der Waals surface area (Å²) in [6.07, 6.45) is 0. The number of aromatic amines is 1. The zero-order valence-corrected chi connectivity index (χ0v) is 14.2. The van der Waals surface area contributed by atoms with Crippen LogP contribution in [0.15, 0.2) is 27.5 Å². The topological polar surface area (TPSA) is 55.0 Å². The van der Waals surface area contributed by atoms with Crippen molar-refractivity contribution < 1.29 is 4.74 Å². The third kappa shape index (κ3) is 3.24. The Morgan fingerprint density at radius 2 is 2.21 bits per heavy atom. The van der Waals surface area contributed by atoms with E-state index in [1.165, 1.54) is 0 Å². The quantitative estimate of drug-likeness (QED) is 0.754. The summed E-state index contributed by atoms with van der Waals surface area (Å²) in [5.41, 5.74) is 2.50. The third-order valence-corrected chi connectivity index (χ3v) is 4.36. The molecule has 1 aromatic heterocycles. The summed E-state index contributed by atoms with van der Waals surface area (Å²) in [7, 11) is 1.58. The molecule has 0 unspecified atom stereocenters. The van der Waals surface area contributed by atoms with Crippen LogP contribution in [-0.4, -0.2) is 17.1 Å². The molecule has 0 spiro atoms. The molecule has 6 heteroatoms. The zero-order chi connectivity index (χ0) is 14.0. The van der Waals surface area contributed by atoms with Crippen molar-refractivity contribution in [1.82, 2.24) is 9.97 Å². The number of halogens is 2. The summed E-state index contributed by atoms with van der Waals surface area (Å²) in [4.78, 5) is 19.2. The molecule has 0 bridgehead atoms. The number of ether oxygens (including phenoxy) is 1. The highest BCUT2D eigenvalue weighted by atomic mass is 127. The van der Waals surface area contributed by atoms with Crippen molar-refractivity contribution in [1.29, 1.82) is 0 Å². The van der Waals surface area contributed by atoms with Gasteiger partial charge in [0.25, 0.3) is 5.56 Å². The summed E-state index contributed by atoms with van der Waals surface area (Å²) >= 11 is 5.48. The maximum atomic E-state index is 11.9. The molecular formula is C13H12BrIN2O2. The largest absolute Gasteiger partial charge is 0.378 e. The Morgan fingerprint density at radius 3 is 2.84 bits per heavy atom. The van der Waals surface area contributed by atoms with E-state index in [2.05, 4.69) is 25.9 Å². The smallest absolute Gasteiger partial charge is 0.264 e. The highest BCUT2D eigenvalue weighted by Gasteiger charge is 2.12. The number of rotatable bonds is 3. The van der Waals surface area contributed by atoms with Crippen LogP contribution in [0.2, 0.25) is 0 Å². The van der Waals surface area contributed by atoms with Crippen LogP contribution < -0.4 is 5.56 Å². The summed E-state index contributed by atoms with van der Waals surface area (Å²) in [5.74, 6) is 0.546. The highest BCUT2D eigenvalue weighted by Crippen LogP contribution is 2.26. The normalized spacial score (nSPS) is 10.7. The van der Waals surface area contributed by atoms with Crippen LogP contribution in [0.25, 0.3) is 11.4 Å². The summed E-state index contributed by atoms with van der Waals surface area (Å²) in [5, 5.41) is 0. The fraction of sp³-hybridized carbons (Fsp3) is 0.231. The first-order valence-corrected chi connectivity index (χ1v) is 7.44. The van der Waals surface area contributed by atoms with Gasteiger partial charge in [0.2, 0.25) is 0 Å². The number of hydrogen-bond donors (Lipinski definition) is 1. The fourth-order valence-electron chi connectivity index (χ4n) is 1.68. The second kappa shape index (κ2) is 6.15. The van der Waals surface area contributed by atoms with Gasteiger partial charge in [-0.2, -0.15) is 0 Å². The van der Waals surface area contributed by atoms with Gasteiger partial charge in [0.05, 0.1) is 12.3 Å². The maximum absolute atomic E-state index is 11.9. The molecule has 0 aliphatic rings. The van der Waals surface area contributed by atoms with Crippen molar-refractivity contribution in [2.45, 2.75) is 13.5 Å². The van der Waals surface area contributed by atoms with Gasteiger partial charge >= 0.3 is 0 Å². The third-order valence-electron chi connectivity index (χ3n) is 2.59. The molecule has 2 aromatic rings. The number of aryl methyl sites for hydroxylation is 1. The van der Waals surface area contributed by atoms with Gasteiger partial charge in [-0.25, -0.2) is 4.98 Å². The molecule has 1 aromatic carbocycles.